The summed E-state index contributed by atoms with van der Waals surface area (Å²) in [4.78, 5) is 8.40. The van der Waals surface area contributed by atoms with E-state index in [2.05, 4.69) is 61.3 Å². The van der Waals surface area contributed by atoms with Gasteiger partial charge in [-0.15, -0.1) is 0 Å². The van der Waals surface area contributed by atoms with E-state index < -0.39 is 6.29 Å². The third-order valence-electron chi connectivity index (χ3n) is 7.17. The Kier molecular flexibility index (Phi) is 7.60. The van der Waals surface area contributed by atoms with Crippen molar-refractivity contribution in [2.24, 2.45) is 5.41 Å². The number of benzene rings is 3. The summed E-state index contributed by atoms with van der Waals surface area (Å²) in [5.74, 6) is 0.670. The molecule has 7 heteroatoms. The number of aryl methyl sites for hydroxylation is 1. The molecule has 1 N–H and O–H groups in total. The van der Waals surface area contributed by atoms with E-state index >= 15 is 0 Å². The standard InChI is InChI=1S/C33H34N4O3/c1-24-20-28(25-12-6-3-7-13-25)36-37(24)18-19-38-21-33(2)22-39-32(40-23-33)31-34-29(26-14-8-4-9-15-26)30(35-31)27-16-10-5-11-17-27/h3-17,20,32H,18-19,21-23H2,1-2H3,(H,34,35)/t32-,33-. The highest BCUT2D eigenvalue weighted by Crippen LogP contribution is 2.35. The Bertz CT molecular complexity index is 1470. The molecule has 6 rings (SSSR count). The van der Waals surface area contributed by atoms with Crippen LogP contribution >= 0.6 is 0 Å². The van der Waals surface area contributed by atoms with Crippen molar-refractivity contribution in [2.45, 2.75) is 26.7 Å². The molecule has 0 atom stereocenters. The molecular weight excluding hydrogens is 500 g/mol. The van der Waals surface area contributed by atoms with E-state index in [9.17, 15) is 0 Å². The fourth-order valence-electron chi connectivity index (χ4n) is 4.96. The zero-order chi connectivity index (χ0) is 27.4. The number of hydrogen-bond acceptors (Lipinski definition) is 5. The van der Waals surface area contributed by atoms with Gasteiger partial charge >= 0.3 is 0 Å². The van der Waals surface area contributed by atoms with Gasteiger partial charge in [0.15, 0.2) is 5.82 Å². The van der Waals surface area contributed by atoms with Crippen molar-refractivity contribution in [3.8, 4) is 33.8 Å². The highest BCUT2D eigenvalue weighted by Gasteiger charge is 2.35. The van der Waals surface area contributed by atoms with Gasteiger partial charge in [-0.3, -0.25) is 4.68 Å². The van der Waals surface area contributed by atoms with Gasteiger partial charge in [-0.2, -0.15) is 5.10 Å². The normalized spacial score (nSPS) is 19.1. The summed E-state index contributed by atoms with van der Waals surface area (Å²) < 4.78 is 20.5. The first-order chi connectivity index (χ1) is 19.6. The first kappa shape index (κ1) is 26.2. The van der Waals surface area contributed by atoms with E-state index in [1.165, 1.54) is 0 Å². The number of hydrogen-bond donors (Lipinski definition) is 1. The number of ether oxygens (including phenoxy) is 3. The molecule has 7 nitrogen and oxygen atoms in total. The summed E-state index contributed by atoms with van der Waals surface area (Å²) in [5, 5.41) is 4.75. The van der Waals surface area contributed by atoms with Gasteiger partial charge in [-0.05, 0) is 13.0 Å². The average molecular weight is 535 g/mol. The number of H-pyrrole nitrogens is 1. The molecule has 0 radical (unpaired) electrons. The minimum atomic E-state index is -0.559. The Morgan fingerprint density at radius 2 is 1.48 bits per heavy atom. The van der Waals surface area contributed by atoms with Crippen molar-refractivity contribution in [3.63, 3.8) is 0 Å². The molecule has 3 heterocycles. The van der Waals surface area contributed by atoms with Crippen LogP contribution in [0.1, 0.15) is 24.7 Å². The van der Waals surface area contributed by atoms with Crippen molar-refractivity contribution in [1.29, 1.82) is 0 Å². The van der Waals surface area contributed by atoms with Gasteiger partial charge in [0, 0.05) is 27.8 Å². The van der Waals surface area contributed by atoms with E-state index in [0.717, 1.165) is 39.5 Å². The number of nitrogens with zero attached hydrogens (tertiary/aromatic N) is 3. The first-order valence-electron chi connectivity index (χ1n) is 13.7. The second-order valence-electron chi connectivity index (χ2n) is 10.7. The molecule has 5 aromatic rings. The number of rotatable bonds is 9. The minimum absolute atomic E-state index is 0.248. The maximum Gasteiger partial charge on any atom is 0.217 e. The molecule has 0 bridgehead atoms. The minimum Gasteiger partial charge on any atom is -0.379 e. The molecule has 0 saturated carbocycles. The van der Waals surface area contributed by atoms with Crippen LogP contribution in [0, 0.1) is 12.3 Å². The molecule has 204 valence electrons. The van der Waals surface area contributed by atoms with Crippen molar-refractivity contribution < 1.29 is 14.2 Å². The molecule has 2 aromatic heterocycles. The summed E-state index contributed by atoms with van der Waals surface area (Å²) in [5.41, 5.74) is 6.91. The fourth-order valence-corrected chi connectivity index (χ4v) is 4.96. The molecular formula is C33H34N4O3. The number of imidazole rings is 1. The van der Waals surface area contributed by atoms with Gasteiger partial charge in [0.25, 0.3) is 0 Å². The molecule has 1 saturated heterocycles. The molecule has 40 heavy (non-hydrogen) atoms. The molecule has 0 amide bonds. The van der Waals surface area contributed by atoms with Crippen LogP contribution in [-0.4, -0.2) is 46.2 Å². The molecule has 1 fully saturated rings. The number of nitrogens with one attached hydrogen (secondary N) is 1. The maximum atomic E-state index is 6.19. The van der Waals surface area contributed by atoms with Crippen molar-refractivity contribution >= 4 is 0 Å². The van der Waals surface area contributed by atoms with Gasteiger partial charge in [-0.1, -0.05) is 97.9 Å². The predicted octanol–water partition coefficient (Wildman–Crippen LogP) is 6.68. The van der Waals surface area contributed by atoms with Crippen molar-refractivity contribution in [1.82, 2.24) is 19.7 Å². The van der Waals surface area contributed by atoms with E-state index in [1.807, 2.05) is 59.3 Å². The Labute approximate surface area is 234 Å². The van der Waals surface area contributed by atoms with Gasteiger partial charge in [-0.25, -0.2) is 4.98 Å². The van der Waals surface area contributed by atoms with Crippen LogP contribution in [0.15, 0.2) is 97.1 Å². The molecule has 0 spiro atoms. The molecule has 0 unspecified atom stereocenters. The smallest absolute Gasteiger partial charge is 0.217 e. The van der Waals surface area contributed by atoms with E-state index in [1.54, 1.807) is 0 Å². The van der Waals surface area contributed by atoms with Crippen LogP contribution in [0.2, 0.25) is 0 Å². The molecule has 1 aliphatic heterocycles. The summed E-state index contributed by atoms with van der Waals surface area (Å²) in [6, 6.07) is 32.7. The molecule has 1 aliphatic rings. The highest BCUT2D eigenvalue weighted by molar-refractivity contribution is 5.78. The summed E-state index contributed by atoms with van der Waals surface area (Å²) >= 11 is 0. The largest absolute Gasteiger partial charge is 0.379 e. The summed E-state index contributed by atoms with van der Waals surface area (Å²) in [6.07, 6.45) is -0.559. The van der Waals surface area contributed by atoms with Crippen LogP contribution in [0.25, 0.3) is 33.8 Å². The first-order valence-corrected chi connectivity index (χ1v) is 13.7. The SMILES string of the molecule is Cc1cc(-c2ccccc2)nn1CCOC[C@]1(C)CO[C@@H](c2nc(-c3ccccc3)c(-c3ccccc3)[nH]2)OC1. The average Bonchev–Trinajstić information content (AvgIpc) is 3.61. The van der Waals surface area contributed by atoms with Crippen molar-refractivity contribution in [3.05, 3.63) is 109 Å². The van der Waals surface area contributed by atoms with Crippen LogP contribution in [-0.2, 0) is 20.8 Å². The van der Waals surface area contributed by atoms with Gasteiger partial charge in [0.2, 0.25) is 6.29 Å². The van der Waals surface area contributed by atoms with Crippen LogP contribution in [0.3, 0.4) is 0 Å². The van der Waals surface area contributed by atoms with Gasteiger partial charge < -0.3 is 19.2 Å². The van der Waals surface area contributed by atoms with E-state index in [4.69, 9.17) is 24.3 Å². The van der Waals surface area contributed by atoms with Crippen molar-refractivity contribution in [2.75, 3.05) is 26.4 Å². The predicted molar refractivity (Wildman–Crippen MR) is 155 cm³/mol. The third-order valence-corrected chi connectivity index (χ3v) is 7.17. The lowest BCUT2D eigenvalue weighted by molar-refractivity contribution is -0.242. The van der Waals surface area contributed by atoms with E-state index in [0.29, 0.717) is 38.8 Å². The third kappa shape index (κ3) is 5.77. The Morgan fingerprint density at radius 3 is 2.12 bits per heavy atom. The Morgan fingerprint density at radius 1 is 0.875 bits per heavy atom. The lowest BCUT2D eigenvalue weighted by atomic mass is 9.93. The second-order valence-corrected chi connectivity index (χ2v) is 10.7. The van der Waals surface area contributed by atoms with Gasteiger partial charge in [0.05, 0.1) is 50.1 Å². The topological polar surface area (TPSA) is 74.2 Å². The monoisotopic (exact) mass is 534 g/mol. The highest BCUT2D eigenvalue weighted by atomic mass is 16.7. The van der Waals surface area contributed by atoms with Crippen LogP contribution in [0.5, 0.6) is 0 Å². The summed E-state index contributed by atoms with van der Waals surface area (Å²) in [6.45, 7) is 7.02. The Balaban J connectivity index is 1.06. The summed E-state index contributed by atoms with van der Waals surface area (Å²) in [7, 11) is 0. The lowest BCUT2D eigenvalue weighted by Crippen LogP contribution is -2.40. The quantitative estimate of drug-likeness (QED) is 0.214. The number of aromatic nitrogens is 4. The van der Waals surface area contributed by atoms with Crippen LogP contribution < -0.4 is 0 Å². The van der Waals surface area contributed by atoms with E-state index in [-0.39, 0.29) is 5.41 Å². The van der Waals surface area contributed by atoms with Crippen LogP contribution in [0.4, 0.5) is 0 Å². The zero-order valence-electron chi connectivity index (χ0n) is 22.9. The fraction of sp³-hybridized carbons (Fsp3) is 0.273. The van der Waals surface area contributed by atoms with Gasteiger partial charge in [0.1, 0.15) is 0 Å². The molecule has 3 aromatic carbocycles. The second kappa shape index (κ2) is 11.6. The maximum absolute atomic E-state index is 6.19. The number of aromatic amines is 1. The lowest BCUT2D eigenvalue weighted by Gasteiger charge is -2.36. The Hall–Kier alpha value is -4.04. The molecule has 0 aliphatic carbocycles. The zero-order valence-corrected chi connectivity index (χ0v) is 22.9.